The molecule has 1 saturated heterocycles. The summed E-state index contributed by atoms with van der Waals surface area (Å²) >= 11 is 1.49. The molecule has 158 valence electrons. The van der Waals surface area contributed by atoms with E-state index in [2.05, 4.69) is 20.3 Å². The lowest BCUT2D eigenvalue weighted by Gasteiger charge is -2.38. The van der Waals surface area contributed by atoms with Crippen molar-refractivity contribution >= 4 is 27.5 Å². The van der Waals surface area contributed by atoms with Crippen molar-refractivity contribution in [2.75, 3.05) is 26.3 Å². The van der Waals surface area contributed by atoms with Gasteiger partial charge >= 0.3 is 0 Å². The van der Waals surface area contributed by atoms with Gasteiger partial charge in [-0.25, -0.2) is 9.67 Å². The van der Waals surface area contributed by atoms with Crippen LogP contribution < -0.4 is 5.32 Å². The molecule has 30 heavy (non-hydrogen) atoms. The zero-order chi connectivity index (χ0) is 20.5. The van der Waals surface area contributed by atoms with E-state index in [1.54, 1.807) is 6.20 Å². The SMILES string of the molecule is Cc1nn(-c2ccccn2)c2sc(C(=O)NC3CCC(N4CCOCC4)CC3)cc12. The number of carbonyl (C=O) groups is 1. The fourth-order valence-corrected chi connectivity index (χ4v) is 5.65. The van der Waals surface area contributed by atoms with Gasteiger partial charge in [0.25, 0.3) is 5.91 Å². The molecule has 3 aromatic heterocycles. The summed E-state index contributed by atoms with van der Waals surface area (Å²) in [5.74, 6) is 0.795. The van der Waals surface area contributed by atoms with Crippen molar-refractivity contribution in [3.63, 3.8) is 0 Å². The second-order valence-corrected chi connectivity index (χ2v) is 9.17. The molecule has 0 aromatic carbocycles. The zero-order valence-electron chi connectivity index (χ0n) is 17.2. The zero-order valence-corrected chi connectivity index (χ0v) is 18.0. The number of nitrogens with zero attached hydrogens (tertiary/aromatic N) is 4. The molecule has 8 heteroatoms. The molecular weight excluding hydrogens is 398 g/mol. The Balaban J connectivity index is 1.26. The van der Waals surface area contributed by atoms with Crippen molar-refractivity contribution in [3.05, 3.63) is 41.0 Å². The van der Waals surface area contributed by atoms with Crippen molar-refractivity contribution in [3.8, 4) is 5.82 Å². The summed E-state index contributed by atoms with van der Waals surface area (Å²) in [6, 6.07) is 8.62. The van der Waals surface area contributed by atoms with Gasteiger partial charge in [0.05, 0.1) is 23.8 Å². The molecule has 0 unspecified atom stereocenters. The minimum Gasteiger partial charge on any atom is -0.379 e. The van der Waals surface area contributed by atoms with Crippen LogP contribution >= 0.6 is 11.3 Å². The molecule has 0 radical (unpaired) electrons. The number of morpholine rings is 1. The van der Waals surface area contributed by atoms with Gasteiger partial charge in [0.15, 0.2) is 5.82 Å². The van der Waals surface area contributed by atoms with Crippen LogP contribution in [-0.4, -0.2) is 64.0 Å². The number of nitrogens with one attached hydrogen (secondary N) is 1. The molecule has 1 aliphatic heterocycles. The van der Waals surface area contributed by atoms with Gasteiger partial charge in [0.2, 0.25) is 0 Å². The van der Waals surface area contributed by atoms with Crippen LogP contribution in [0.5, 0.6) is 0 Å². The van der Waals surface area contributed by atoms with E-state index in [9.17, 15) is 4.79 Å². The number of hydrogen-bond acceptors (Lipinski definition) is 6. The average molecular weight is 426 g/mol. The number of ether oxygens (including phenoxy) is 1. The van der Waals surface area contributed by atoms with Crippen molar-refractivity contribution in [1.29, 1.82) is 0 Å². The number of fused-ring (bicyclic) bond motifs is 1. The van der Waals surface area contributed by atoms with Crippen LogP contribution in [0.15, 0.2) is 30.5 Å². The highest BCUT2D eigenvalue weighted by Gasteiger charge is 2.28. The van der Waals surface area contributed by atoms with Crippen LogP contribution in [0.3, 0.4) is 0 Å². The van der Waals surface area contributed by atoms with E-state index in [1.807, 2.05) is 35.9 Å². The molecular formula is C22H27N5O2S. The Kier molecular flexibility index (Phi) is 5.54. The number of rotatable bonds is 4. The maximum Gasteiger partial charge on any atom is 0.261 e. The van der Waals surface area contributed by atoms with E-state index in [0.717, 1.165) is 78.6 Å². The van der Waals surface area contributed by atoms with Crippen molar-refractivity contribution < 1.29 is 9.53 Å². The van der Waals surface area contributed by atoms with Crippen molar-refractivity contribution in [1.82, 2.24) is 25.0 Å². The number of pyridine rings is 1. The molecule has 0 bridgehead atoms. The number of carbonyl (C=O) groups excluding carboxylic acids is 1. The Hall–Kier alpha value is -2.29. The van der Waals surface area contributed by atoms with Crippen LogP contribution in [0.1, 0.15) is 41.0 Å². The number of hydrogen-bond donors (Lipinski definition) is 1. The van der Waals surface area contributed by atoms with E-state index >= 15 is 0 Å². The van der Waals surface area contributed by atoms with Gasteiger partial charge in [-0.3, -0.25) is 9.69 Å². The summed E-state index contributed by atoms with van der Waals surface area (Å²) < 4.78 is 7.30. The molecule has 4 heterocycles. The molecule has 2 fully saturated rings. The topological polar surface area (TPSA) is 72.3 Å². The van der Waals surface area contributed by atoms with Gasteiger partial charge in [-0.05, 0) is 50.8 Å². The van der Waals surface area contributed by atoms with Crippen LogP contribution in [-0.2, 0) is 4.74 Å². The lowest BCUT2D eigenvalue weighted by molar-refractivity contribution is 0.00665. The van der Waals surface area contributed by atoms with E-state index in [4.69, 9.17) is 4.74 Å². The quantitative estimate of drug-likeness (QED) is 0.695. The predicted octanol–water partition coefficient (Wildman–Crippen LogP) is 3.16. The van der Waals surface area contributed by atoms with E-state index in [0.29, 0.717) is 6.04 Å². The second-order valence-electron chi connectivity index (χ2n) is 8.14. The summed E-state index contributed by atoms with van der Waals surface area (Å²) in [6.45, 7) is 5.74. The van der Waals surface area contributed by atoms with Gasteiger partial charge in [0, 0.05) is 36.8 Å². The van der Waals surface area contributed by atoms with Gasteiger partial charge in [-0.2, -0.15) is 5.10 Å². The molecule has 0 spiro atoms. The largest absolute Gasteiger partial charge is 0.379 e. The summed E-state index contributed by atoms with van der Waals surface area (Å²) in [4.78, 5) is 21.6. The Bertz CT molecular complexity index is 1020. The highest BCUT2D eigenvalue weighted by Crippen LogP contribution is 2.30. The number of amides is 1. The first-order chi connectivity index (χ1) is 14.7. The molecule has 0 atom stereocenters. The first-order valence-corrected chi connectivity index (χ1v) is 11.5. The Morgan fingerprint density at radius 1 is 1.20 bits per heavy atom. The maximum atomic E-state index is 12.9. The molecule has 1 amide bonds. The first kappa shape index (κ1) is 19.7. The van der Waals surface area contributed by atoms with Crippen LogP contribution in [0, 0.1) is 6.92 Å². The smallest absolute Gasteiger partial charge is 0.261 e. The highest BCUT2D eigenvalue weighted by molar-refractivity contribution is 7.20. The summed E-state index contributed by atoms with van der Waals surface area (Å²) in [5, 5.41) is 8.90. The fourth-order valence-electron chi connectivity index (χ4n) is 4.58. The third-order valence-electron chi connectivity index (χ3n) is 6.23. The first-order valence-electron chi connectivity index (χ1n) is 10.7. The maximum absolute atomic E-state index is 12.9. The van der Waals surface area contributed by atoms with Gasteiger partial charge < -0.3 is 10.1 Å². The molecule has 5 rings (SSSR count). The number of aromatic nitrogens is 3. The van der Waals surface area contributed by atoms with Gasteiger partial charge in [-0.1, -0.05) is 6.07 Å². The average Bonchev–Trinajstić information content (AvgIpc) is 3.36. The van der Waals surface area contributed by atoms with Crippen LogP contribution in [0.2, 0.25) is 0 Å². The van der Waals surface area contributed by atoms with Gasteiger partial charge in [-0.15, -0.1) is 11.3 Å². The number of thiophene rings is 1. The molecule has 1 aliphatic carbocycles. The van der Waals surface area contributed by atoms with Gasteiger partial charge in [0.1, 0.15) is 4.83 Å². The Morgan fingerprint density at radius 3 is 2.73 bits per heavy atom. The molecule has 2 aliphatic rings. The lowest BCUT2D eigenvalue weighted by atomic mass is 9.90. The van der Waals surface area contributed by atoms with E-state index < -0.39 is 0 Å². The molecule has 1 saturated carbocycles. The highest BCUT2D eigenvalue weighted by atomic mass is 32.1. The second kappa shape index (κ2) is 8.45. The normalized spacial score (nSPS) is 23.0. The van der Waals surface area contributed by atoms with E-state index in [-0.39, 0.29) is 11.9 Å². The third-order valence-corrected chi connectivity index (χ3v) is 7.34. The summed E-state index contributed by atoms with van der Waals surface area (Å²) in [7, 11) is 0. The monoisotopic (exact) mass is 425 g/mol. The van der Waals surface area contributed by atoms with Crippen LogP contribution in [0.25, 0.3) is 16.0 Å². The fraction of sp³-hybridized carbons (Fsp3) is 0.500. The van der Waals surface area contributed by atoms with Crippen molar-refractivity contribution in [2.24, 2.45) is 0 Å². The molecule has 1 N–H and O–H groups in total. The summed E-state index contributed by atoms with van der Waals surface area (Å²) in [6.07, 6.45) is 6.13. The Labute approximate surface area is 180 Å². The minimum atomic E-state index is 0.0259. The van der Waals surface area contributed by atoms with Crippen LogP contribution in [0.4, 0.5) is 0 Å². The predicted molar refractivity (Wildman–Crippen MR) is 117 cm³/mol. The third kappa shape index (κ3) is 3.87. The standard InChI is InChI=1S/C22H27N5O2S/c1-15-18-14-19(30-22(18)27(25-15)20-4-2-3-9-23-20)21(28)24-16-5-7-17(8-6-16)26-10-12-29-13-11-26/h2-4,9,14,16-17H,5-8,10-13H2,1H3,(H,24,28). The number of aryl methyl sites for hydroxylation is 1. The molecule has 7 nitrogen and oxygen atoms in total. The minimum absolute atomic E-state index is 0.0259. The summed E-state index contributed by atoms with van der Waals surface area (Å²) in [5.41, 5.74) is 0.914. The molecule has 3 aromatic rings. The lowest BCUT2D eigenvalue weighted by Crippen LogP contribution is -2.47. The van der Waals surface area contributed by atoms with E-state index in [1.165, 1.54) is 11.3 Å². The van der Waals surface area contributed by atoms with Crippen molar-refractivity contribution in [2.45, 2.75) is 44.7 Å². The Morgan fingerprint density at radius 2 is 2.00 bits per heavy atom.